The molecule has 1 unspecified atom stereocenters. The third-order valence-electron chi connectivity index (χ3n) is 3.22. The third-order valence-corrected chi connectivity index (χ3v) is 4.05. The summed E-state index contributed by atoms with van der Waals surface area (Å²) in [4.78, 5) is 6.98. The molecular formula is C12H21N3S. The van der Waals surface area contributed by atoms with E-state index in [-0.39, 0.29) is 0 Å². The molecule has 4 heteroatoms. The van der Waals surface area contributed by atoms with Crippen molar-refractivity contribution in [1.29, 1.82) is 0 Å². The highest BCUT2D eigenvalue weighted by molar-refractivity contribution is 7.09. The summed E-state index contributed by atoms with van der Waals surface area (Å²) in [6, 6.07) is 0. The third kappa shape index (κ3) is 3.27. The maximum Gasteiger partial charge on any atom is 0.0897 e. The highest BCUT2D eigenvalue weighted by Gasteiger charge is 2.20. The summed E-state index contributed by atoms with van der Waals surface area (Å²) in [7, 11) is 0. The van der Waals surface area contributed by atoms with E-state index in [2.05, 4.69) is 34.4 Å². The van der Waals surface area contributed by atoms with Crippen LogP contribution >= 0.6 is 11.3 Å². The normalized spacial score (nSPS) is 21.8. The van der Waals surface area contributed by atoms with Gasteiger partial charge in [0, 0.05) is 18.5 Å². The minimum absolute atomic E-state index is 0.833. The van der Waals surface area contributed by atoms with Gasteiger partial charge in [0.1, 0.15) is 0 Å². The number of rotatable bonds is 5. The summed E-state index contributed by atoms with van der Waals surface area (Å²) in [5.74, 6) is 0.833. The Labute approximate surface area is 102 Å². The van der Waals surface area contributed by atoms with Crippen LogP contribution in [0.3, 0.4) is 0 Å². The second-order valence-electron chi connectivity index (χ2n) is 4.54. The molecule has 1 aliphatic heterocycles. The molecule has 90 valence electrons. The number of nitrogens with zero attached hydrogens (tertiary/aromatic N) is 2. The van der Waals surface area contributed by atoms with Crippen LogP contribution < -0.4 is 5.32 Å². The predicted molar refractivity (Wildman–Crippen MR) is 68.8 cm³/mol. The van der Waals surface area contributed by atoms with Gasteiger partial charge in [-0.2, -0.15) is 0 Å². The van der Waals surface area contributed by atoms with Gasteiger partial charge in [0.05, 0.1) is 10.7 Å². The van der Waals surface area contributed by atoms with Gasteiger partial charge in [0.25, 0.3) is 0 Å². The van der Waals surface area contributed by atoms with Gasteiger partial charge in [-0.1, -0.05) is 6.92 Å². The number of likely N-dealkylation sites (tertiary alicyclic amines) is 1. The Balaban J connectivity index is 1.65. The molecule has 0 amide bonds. The summed E-state index contributed by atoms with van der Waals surface area (Å²) in [6.45, 7) is 10.1. The summed E-state index contributed by atoms with van der Waals surface area (Å²) < 4.78 is 0. The number of aryl methyl sites for hydroxylation is 1. The molecule has 2 rings (SSSR count). The molecule has 1 atom stereocenters. The Morgan fingerprint density at radius 1 is 1.62 bits per heavy atom. The van der Waals surface area contributed by atoms with Crippen LogP contribution in [-0.4, -0.2) is 36.1 Å². The zero-order chi connectivity index (χ0) is 11.4. The fourth-order valence-electron chi connectivity index (χ4n) is 2.26. The molecule has 16 heavy (non-hydrogen) atoms. The van der Waals surface area contributed by atoms with Crippen LogP contribution in [0.25, 0.3) is 0 Å². The van der Waals surface area contributed by atoms with Crippen molar-refractivity contribution in [2.45, 2.75) is 26.8 Å². The molecule has 0 bridgehead atoms. The number of thiazole rings is 1. The minimum Gasteiger partial charge on any atom is -0.311 e. The Kier molecular flexibility index (Phi) is 4.32. The fraction of sp³-hybridized carbons (Fsp3) is 0.750. The van der Waals surface area contributed by atoms with Crippen molar-refractivity contribution in [3.8, 4) is 0 Å². The second-order valence-corrected chi connectivity index (χ2v) is 5.60. The van der Waals surface area contributed by atoms with Crippen LogP contribution in [-0.2, 0) is 6.54 Å². The lowest BCUT2D eigenvalue weighted by molar-refractivity contribution is 0.338. The van der Waals surface area contributed by atoms with Crippen molar-refractivity contribution in [1.82, 2.24) is 15.2 Å². The molecule has 1 aromatic heterocycles. The molecule has 0 saturated carbocycles. The van der Waals surface area contributed by atoms with Gasteiger partial charge >= 0.3 is 0 Å². The van der Waals surface area contributed by atoms with Gasteiger partial charge in [0.15, 0.2) is 0 Å². The molecule has 1 aliphatic rings. The van der Waals surface area contributed by atoms with Crippen LogP contribution in [0.4, 0.5) is 0 Å². The SMILES string of the molecule is CCN1CCC(CNCc2csc(C)n2)C1. The molecule has 0 aromatic carbocycles. The first-order valence-corrected chi connectivity index (χ1v) is 7.00. The van der Waals surface area contributed by atoms with E-state index in [4.69, 9.17) is 0 Å². The van der Waals surface area contributed by atoms with Crippen molar-refractivity contribution >= 4 is 11.3 Å². The molecule has 2 heterocycles. The first-order chi connectivity index (χ1) is 7.78. The Bertz CT molecular complexity index is 324. The first-order valence-electron chi connectivity index (χ1n) is 6.12. The summed E-state index contributed by atoms with van der Waals surface area (Å²) in [6.07, 6.45) is 1.34. The van der Waals surface area contributed by atoms with Gasteiger partial charge in [-0.15, -0.1) is 11.3 Å². The van der Waals surface area contributed by atoms with E-state index in [0.29, 0.717) is 0 Å². The van der Waals surface area contributed by atoms with E-state index < -0.39 is 0 Å². The molecule has 1 fully saturated rings. The smallest absolute Gasteiger partial charge is 0.0897 e. The van der Waals surface area contributed by atoms with E-state index in [1.165, 1.54) is 31.7 Å². The van der Waals surface area contributed by atoms with E-state index in [9.17, 15) is 0 Å². The maximum atomic E-state index is 4.45. The molecule has 0 spiro atoms. The fourth-order valence-corrected chi connectivity index (χ4v) is 2.87. The van der Waals surface area contributed by atoms with Crippen LogP contribution in [0.1, 0.15) is 24.0 Å². The van der Waals surface area contributed by atoms with E-state index in [1.54, 1.807) is 11.3 Å². The predicted octanol–water partition coefficient (Wildman–Crippen LogP) is 1.88. The van der Waals surface area contributed by atoms with Crippen molar-refractivity contribution in [3.63, 3.8) is 0 Å². The van der Waals surface area contributed by atoms with E-state index in [1.807, 2.05) is 0 Å². The molecule has 1 saturated heterocycles. The lowest BCUT2D eigenvalue weighted by Gasteiger charge is -2.13. The van der Waals surface area contributed by atoms with Gasteiger partial charge in [-0.25, -0.2) is 4.98 Å². The summed E-state index contributed by atoms with van der Waals surface area (Å²) in [5.41, 5.74) is 1.19. The minimum atomic E-state index is 0.833. The lowest BCUT2D eigenvalue weighted by atomic mass is 10.1. The average molecular weight is 239 g/mol. The highest BCUT2D eigenvalue weighted by Crippen LogP contribution is 2.15. The maximum absolute atomic E-state index is 4.45. The van der Waals surface area contributed by atoms with Crippen molar-refractivity contribution in [2.24, 2.45) is 5.92 Å². The largest absolute Gasteiger partial charge is 0.311 e. The molecule has 1 N–H and O–H groups in total. The highest BCUT2D eigenvalue weighted by atomic mass is 32.1. The Morgan fingerprint density at radius 2 is 2.50 bits per heavy atom. The standard InChI is InChI=1S/C12H21N3S/c1-3-15-5-4-11(8-15)6-13-7-12-9-16-10(2)14-12/h9,11,13H,3-8H2,1-2H3. The molecule has 0 radical (unpaired) electrons. The van der Waals surface area contributed by atoms with Crippen molar-refractivity contribution in [2.75, 3.05) is 26.2 Å². The van der Waals surface area contributed by atoms with Crippen LogP contribution in [0, 0.1) is 12.8 Å². The lowest BCUT2D eigenvalue weighted by Crippen LogP contribution is -2.26. The average Bonchev–Trinajstić information content (AvgIpc) is 2.88. The first kappa shape index (κ1) is 12.0. The number of aromatic nitrogens is 1. The number of nitrogens with one attached hydrogen (secondary N) is 1. The van der Waals surface area contributed by atoms with Crippen LogP contribution in [0.15, 0.2) is 5.38 Å². The number of hydrogen-bond donors (Lipinski definition) is 1. The van der Waals surface area contributed by atoms with Crippen LogP contribution in [0.5, 0.6) is 0 Å². The molecule has 1 aromatic rings. The second kappa shape index (κ2) is 5.75. The van der Waals surface area contributed by atoms with E-state index >= 15 is 0 Å². The molecule has 0 aliphatic carbocycles. The van der Waals surface area contributed by atoms with E-state index in [0.717, 1.165) is 24.0 Å². The van der Waals surface area contributed by atoms with Crippen molar-refractivity contribution < 1.29 is 0 Å². The molecular weight excluding hydrogens is 218 g/mol. The van der Waals surface area contributed by atoms with Gasteiger partial charge in [-0.3, -0.25) is 0 Å². The monoisotopic (exact) mass is 239 g/mol. The van der Waals surface area contributed by atoms with Gasteiger partial charge < -0.3 is 10.2 Å². The number of hydrogen-bond acceptors (Lipinski definition) is 4. The summed E-state index contributed by atoms with van der Waals surface area (Å²) >= 11 is 1.73. The van der Waals surface area contributed by atoms with Crippen LogP contribution in [0.2, 0.25) is 0 Å². The zero-order valence-electron chi connectivity index (χ0n) is 10.2. The molecule has 3 nitrogen and oxygen atoms in total. The Morgan fingerprint density at radius 3 is 3.12 bits per heavy atom. The van der Waals surface area contributed by atoms with Gasteiger partial charge in [-0.05, 0) is 38.9 Å². The topological polar surface area (TPSA) is 28.2 Å². The Hall–Kier alpha value is -0.450. The quantitative estimate of drug-likeness (QED) is 0.850. The summed E-state index contributed by atoms with van der Waals surface area (Å²) in [5, 5.41) is 6.83. The van der Waals surface area contributed by atoms with Crippen molar-refractivity contribution in [3.05, 3.63) is 16.1 Å². The van der Waals surface area contributed by atoms with Gasteiger partial charge in [0.2, 0.25) is 0 Å². The zero-order valence-corrected chi connectivity index (χ0v) is 11.0.